The molecule has 0 saturated heterocycles. The fourth-order valence-corrected chi connectivity index (χ4v) is 2.41. The molecule has 1 aromatic heterocycles. The Balaban J connectivity index is 2.08. The minimum Gasteiger partial charge on any atom is -0.469 e. The second kappa shape index (κ2) is 5.87. The average Bonchev–Trinajstić information content (AvgIpc) is 2.85. The molecule has 2 rings (SSSR count). The van der Waals surface area contributed by atoms with Crippen LogP contribution >= 0.6 is 0 Å². The van der Waals surface area contributed by atoms with Crippen LogP contribution in [0.1, 0.15) is 34.9 Å². The minimum atomic E-state index is 0.385. The van der Waals surface area contributed by atoms with Crippen LogP contribution in [0, 0.1) is 13.8 Å². The fourth-order valence-electron chi connectivity index (χ4n) is 2.41. The summed E-state index contributed by atoms with van der Waals surface area (Å²) >= 11 is 0. The Hall–Kier alpha value is -1.54. The van der Waals surface area contributed by atoms with Crippen LogP contribution in [0.25, 0.3) is 0 Å². The van der Waals surface area contributed by atoms with E-state index in [1.165, 1.54) is 16.7 Å². The molecule has 0 amide bonds. The van der Waals surface area contributed by atoms with E-state index in [-0.39, 0.29) is 0 Å². The smallest absolute Gasteiger partial charge is 0.103 e. The predicted octanol–water partition coefficient (Wildman–Crippen LogP) is 3.79. The van der Waals surface area contributed by atoms with Crippen LogP contribution in [0.5, 0.6) is 0 Å². The van der Waals surface area contributed by atoms with E-state index in [1.807, 2.05) is 19.2 Å². The largest absolute Gasteiger partial charge is 0.469 e. The van der Waals surface area contributed by atoms with Crippen LogP contribution in [-0.2, 0) is 6.42 Å². The van der Waals surface area contributed by atoms with Crippen LogP contribution in [0.3, 0.4) is 0 Å². The summed E-state index contributed by atoms with van der Waals surface area (Å²) < 4.78 is 5.39. The summed E-state index contributed by atoms with van der Waals surface area (Å²) in [4.78, 5) is 0. The highest BCUT2D eigenvalue weighted by atomic mass is 16.3. The minimum absolute atomic E-state index is 0.385. The maximum Gasteiger partial charge on any atom is 0.103 e. The first-order valence-corrected chi connectivity index (χ1v) is 6.47. The molecule has 1 heterocycles. The van der Waals surface area contributed by atoms with Gasteiger partial charge in [-0.2, -0.15) is 0 Å². The van der Waals surface area contributed by atoms with Gasteiger partial charge in [0.25, 0.3) is 0 Å². The molecule has 2 nitrogen and oxygen atoms in total. The van der Waals surface area contributed by atoms with Crippen molar-refractivity contribution in [2.24, 2.45) is 0 Å². The molecule has 2 aromatic rings. The molecule has 1 aromatic carbocycles. The van der Waals surface area contributed by atoms with Gasteiger partial charge in [0, 0.05) is 12.5 Å². The molecule has 0 aliphatic carbocycles. The first kappa shape index (κ1) is 12.9. The summed E-state index contributed by atoms with van der Waals surface area (Å²) in [6, 6.07) is 11.0. The summed E-state index contributed by atoms with van der Waals surface area (Å²) in [5.41, 5.74) is 4.06. The van der Waals surface area contributed by atoms with E-state index >= 15 is 0 Å². The first-order valence-electron chi connectivity index (χ1n) is 6.47. The van der Waals surface area contributed by atoms with E-state index in [9.17, 15) is 0 Å². The van der Waals surface area contributed by atoms with Gasteiger partial charge in [-0.05, 0) is 50.6 Å². The van der Waals surface area contributed by atoms with Crippen molar-refractivity contribution in [2.75, 3.05) is 7.05 Å². The van der Waals surface area contributed by atoms with Gasteiger partial charge in [-0.3, -0.25) is 0 Å². The number of furan rings is 1. The van der Waals surface area contributed by atoms with Gasteiger partial charge in [0.05, 0.1) is 6.26 Å². The molecular weight excluding hydrogens is 222 g/mol. The summed E-state index contributed by atoms with van der Waals surface area (Å²) in [5, 5.41) is 3.40. The molecule has 1 atom stereocenters. The number of aryl methyl sites for hydroxylation is 3. The van der Waals surface area contributed by atoms with Crippen molar-refractivity contribution in [3.8, 4) is 0 Å². The van der Waals surface area contributed by atoms with Crippen molar-refractivity contribution in [1.29, 1.82) is 0 Å². The zero-order chi connectivity index (χ0) is 13.0. The zero-order valence-electron chi connectivity index (χ0n) is 11.4. The number of nitrogens with one attached hydrogen (secondary N) is 1. The van der Waals surface area contributed by atoms with E-state index in [0.717, 1.165) is 18.6 Å². The van der Waals surface area contributed by atoms with Crippen LogP contribution < -0.4 is 5.32 Å². The summed E-state index contributed by atoms with van der Waals surface area (Å²) in [7, 11) is 2.02. The van der Waals surface area contributed by atoms with Crippen molar-refractivity contribution in [2.45, 2.75) is 32.7 Å². The molecule has 0 bridgehead atoms. The summed E-state index contributed by atoms with van der Waals surface area (Å²) in [6.45, 7) is 4.31. The lowest BCUT2D eigenvalue weighted by Crippen LogP contribution is -2.18. The van der Waals surface area contributed by atoms with Gasteiger partial charge < -0.3 is 9.73 Å². The van der Waals surface area contributed by atoms with Crippen LogP contribution in [0.15, 0.2) is 41.0 Å². The highest BCUT2D eigenvalue weighted by molar-refractivity contribution is 5.32. The van der Waals surface area contributed by atoms with Crippen LogP contribution in [0.4, 0.5) is 0 Å². The molecule has 0 spiro atoms. The maximum atomic E-state index is 5.39. The van der Waals surface area contributed by atoms with Gasteiger partial charge in [-0.25, -0.2) is 0 Å². The summed E-state index contributed by atoms with van der Waals surface area (Å²) in [5.74, 6) is 1.06. The molecule has 0 fully saturated rings. The van der Waals surface area contributed by atoms with E-state index in [4.69, 9.17) is 4.42 Å². The Kier molecular flexibility index (Phi) is 4.21. The van der Waals surface area contributed by atoms with Gasteiger partial charge in [0.2, 0.25) is 0 Å². The van der Waals surface area contributed by atoms with Crippen molar-refractivity contribution in [1.82, 2.24) is 5.32 Å². The lowest BCUT2D eigenvalue weighted by molar-refractivity contribution is 0.468. The average molecular weight is 243 g/mol. The van der Waals surface area contributed by atoms with Gasteiger partial charge in [-0.15, -0.1) is 0 Å². The van der Waals surface area contributed by atoms with Crippen molar-refractivity contribution in [3.05, 3.63) is 59.0 Å². The molecule has 0 saturated carbocycles. The molecule has 0 aliphatic rings. The highest BCUT2D eigenvalue weighted by Gasteiger charge is 2.12. The Morgan fingerprint density at radius 2 is 2.06 bits per heavy atom. The van der Waals surface area contributed by atoms with E-state index in [2.05, 4.69) is 37.4 Å². The maximum absolute atomic E-state index is 5.39. The molecule has 0 radical (unpaired) electrons. The lowest BCUT2D eigenvalue weighted by Gasteiger charge is -2.18. The van der Waals surface area contributed by atoms with Gasteiger partial charge in [0.15, 0.2) is 0 Å². The molecular formula is C16H21NO. The lowest BCUT2D eigenvalue weighted by atomic mass is 9.96. The number of hydrogen-bond acceptors (Lipinski definition) is 2. The van der Waals surface area contributed by atoms with Crippen LogP contribution in [-0.4, -0.2) is 7.05 Å². The molecule has 0 aliphatic heterocycles. The SMILES string of the molecule is CNC(CCc1ccco1)c1ccc(C)cc1C. The molecule has 1 N–H and O–H groups in total. The van der Waals surface area contributed by atoms with E-state index < -0.39 is 0 Å². The topological polar surface area (TPSA) is 25.2 Å². The Morgan fingerprint density at radius 1 is 1.22 bits per heavy atom. The number of rotatable bonds is 5. The van der Waals surface area contributed by atoms with Gasteiger partial charge >= 0.3 is 0 Å². The highest BCUT2D eigenvalue weighted by Crippen LogP contribution is 2.23. The van der Waals surface area contributed by atoms with Crippen molar-refractivity contribution in [3.63, 3.8) is 0 Å². The standard InChI is InChI=1S/C16H21NO/c1-12-6-8-15(13(2)11-12)16(17-3)9-7-14-5-4-10-18-14/h4-6,8,10-11,16-17H,7,9H2,1-3H3. The predicted molar refractivity (Wildman–Crippen MR) is 74.7 cm³/mol. The molecule has 96 valence electrons. The van der Waals surface area contributed by atoms with Crippen LogP contribution in [0.2, 0.25) is 0 Å². The Bertz CT molecular complexity index is 488. The second-order valence-corrected chi connectivity index (χ2v) is 4.82. The van der Waals surface area contributed by atoms with Gasteiger partial charge in [0.1, 0.15) is 5.76 Å². The third-order valence-corrected chi connectivity index (χ3v) is 3.41. The third-order valence-electron chi connectivity index (χ3n) is 3.41. The summed E-state index contributed by atoms with van der Waals surface area (Å²) in [6.07, 6.45) is 3.75. The second-order valence-electron chi connectivity index (χ2n) is 4.82. The zero-order valence-corrected chi connectivity index (χ0v) is 11.4. The normalized spacial score (nSPS) is 12.6. The van der Waals surface area contributed by atoms with Gasteiger partial charge in [-0.1, -0.05) is 23.8 Å². The molecule has 18 heavy (non-hydrogen) atoms. The fraction of sp³-hybridized carbons (Fsp3) is 0.375. The Labute approximate surface area is 109 Å². The third kappa shape index (κ3) is 3.02. The molecule has 2 heteroatoms. The Morgan fingerprint density at radius 3 is 2.67 bits per heavy atom. The molecule has 1 unspecified atom stereocenters. The van der Waals surface area contributed by atoms with Crippen molar-refractivity contribution >= 4 is 0 Å². The number of benzene rings is 1. The first-order chi connectivity index (χ1) is 8.70. The van der Waals surface area contributed by atoms with E-state index in [0.29, 0.717) is 6.04 Å². The quantitative estimate of drug-likeness (QED) is 0.864. The van der Waals surface area contributed by atoms with E-state index in [1.54, 1.807) is 6.26 Å². The number of hydrogen-bond donors (Lipinski definition) is 1. The monoisotopic (exact) mass is 243 g/mol. The van der Waals surface area contributed by atoms with Crippen molar-refractivity contribution < 1.29 is 4.42 Å².